The molecular weight excluding hydrogens is 285 g/mol. The highest BCUT2D eigenvalue weighted by Gasteiger charge is 2.11. The van der Waals surface area contributed by atoms with Crippen molar-refractivity contribution >= 4 is 15.9 Å². The van der Waals surface area contributed by atoms with E-state index in [0.717, 1.165) is 10.0 Å². The van der Waals surface area contributed by atoms with Gasteiger partial charge in [0, 0.05) is 23.3 Å². The molecule has 2 rings (SSSR count). The number of benzene rings is 1. The summed E-state index contributed by atoms with van der Waals surface area (Å²) in [6.07, 6.45) is 2.74. The predicted octanol–water partition coefficient (Wildman–Crippen LogP) is 3.26. The number of hydrogen-bond donors (Lipinski definition) is 1. The standard InChI is InChI=1S/C13H11BrFNO/c14-11-1-2-12(15)10(7-11)8-13(17)9-3-5-16-6-4-9/h1-7,13,17H,8H2. The van der Waals surface area contributed by atoms with Crippen molar-refractivity contribution in [3.8, 4) is 0 Å². The zero-order valence-electron chi connectivity index (χ0n) is 8.98. The van der Waals surface area contributed by atoms with Crippen molar-refractivity contribution in [1.82, 2.24) is 4.98 Å². The number of aromatic nitrogens is 1. The Kier molecular flexibility index (Phi) is 3.86. The second-order valence-electron chi connectivity index (χ2n) is 3.74. The van der Waals surface area contributed by atoms with E-state index in [-0.39, 0.29) is 12.2 Å². The van der Waals surface area contributed by atoms with Gasteiger partial charge in [-0.2, -0.15) is 0 Å². The van der Waals surface area contributed by atoms with Crippen LogP contribution in [0.15, 0.2) is 47.2 Å². The summed E-state index contributed by atoms with van der Waals surface area (Å²) in [6, 6.07) is 8.15. The lowest BCUT2D eigenvalue weighted by Crippen LogP contribution is -2.03. The number of aliphatic hydroxyl groups is 1. The number of halogens is 2. The Morgan fingerprint density at radius 1 is 1.24 bits per heavy atom. The van der Waals surface area contributed by atoms with E-state index < -0.39 is 6.10 Å². The van der Waals surface area contributed by atoms with Crippen LogP contribution < -0.4 is 0 Å². The minimum atomic E-state index is -0.721. The summed E-state index contributed by atoms with van der Waals surface area (Å²) >= 11 is 3.28. The largest absolute Gasteiger partial charge is 0.388 e. The number of hydrogen-bond acceptors (Lipinski definition) is 2. The first-order chi connectivity index (χ1) is 8.16. The molecule has 0 fully saturated rings. The summed E-state index contributed by atoms with van der Waals surface area (Å²) in [7, 11) is 0. The van der Waals surface area contributed by atoms with Crippen LogP contribution >= 0.6 is 15.9 Å². The molecule has 0 aliphatic carbocycles. The molecule has 17 heavy (non-hydrogen) atoms. The maximum atomic E-state index is 13.5. The topological polar surface area (TPSA) is 33.1 Å². The molecule has 0 aliphatic rings. The van der Waals surface area contributed by atoms with Gasteiger partial charge in [-0.05, 0) is 41.5 Å². The molecule has 2 nitrogen and oxygen atoms in total. The minimum absolute atomic E-state index is 0.245. The quantitative estimate of drug-likeness (QED) is 0.943. The molecule has 1 unspecified atom stereocenters. The fourth-order valence-corrected chi connectivity index (χ4v) is 2.02. The molecule has 1 N–H and O–H groups in total. The van der Waals surface area contributed by atoms with Gasteiger partial charge in [0.05, 0.1) is 6.10 Å². The highest BCUT2D eigenvalue weighted by atomic mass is 79.9. The van der Waals surface area contributed by atoms with E-state index in [1.54, 1.807) is 36.7 Å². The molecule has 0 saturated carbocycles. The fraction of sp³-hybridized carbons (Fsp3) is 0.154. The Labute approximate surface area is 107 Å². The molecule has 2 aromatic rings. The molecule has 0 amide bonds. The Bertz CT molecular complexity index is 504. The third-order valence-corrected chi connectivity index (χ3v) is 3.01. The van der Waals surface area contributed by atoms with Gasteiger partial charge in [-0.25, -0.2) is 4.39 Å². The van der Waals surface area contributed by atoms with Crippen LogP contribution in [0.25, 0.3) is 0 Å². The summed E-state index contributed by atoms with van der Waals surface area (Å²) in [6.45, 7) is 0. The normalized spacial score (nSPS) is 12.4. The van der Waals surface area contributed by atoms with Gasteiger partial charge >= 0.3 is 0 Å². The average molecular weight is 296 g/mol. The molecule has 1 aromatic heterocycles. The molecule has 4 heteroatoms. The maximum Gasteiger partial charge on any atom is 0.126 e. The molecule has 1 aromatic carbocycles. The van der Waals surface area contributed by atoms with E-state index in [9.17, 15) is 9.50 Å². The molecule has 0 bridgehead atoms. The fourth-order valence-electron chi connectivity index (χ4n) is 1.61. The van der Waals surface area contributed by atoms with Gasteiger partial charge in [-0.1, -0.05) is 15.9 Å². The predicted molar refractivity (Wildman–Crippen MR) is 67.0 cm³/mol. The van der Waals surface area contributed by atoms with Crippen LogP contribution in [0.4, 0.5) is 4.39 Å². The lowest BCUT2D eigenvalue weighted by Gasteiger charge is -2.11. The second-order valence-corrected chi connectivity index (χ2v) is 4.65. The third-order valence-electron chi connectivity index (χ3n) is 2.51. The second kappa shape index (κ2) is 5.38. The van der Waals surface area contributed by atoms with Crippen LogP contribution in [0.2, 0.25) is 0 Å². The van der Waals surface area contributed by atoms with E-state index >= 15 is 0 Å². The number of nitrogens with zero attached hydrogens (tertiary/aromatic N) is 1. The van der Waals surface area contributed by atoms with Crippen LogP contribution in [0.5, 0.6) is 0 Å². The molecule has 1 atom stereocenters. The zero-order valence-corrected chi connectivity index (χ0v) is 10.6. The smallest absolute Gasteiger partial charge is 0.126 e. The highest BCUT2D eigenvalue weighted by Crippen LogP contribution is 2.22. The van der Waals surface area contributed by atoms with Crippen molar-refractivity contribution in [2.45, 2.75) is 12.5 Å². The van der Waals surface area contributed by atoms with E-state index in [0.29, 0.717) is 5.56 Å². The van der Waals surface area contributed by atoms with Gasteiger partial charge in [0.2, 0.25) is 0 Å². The lowest BCUT2D eigenvalue weighted by atomic mass is 10.0. The summed E-state index contributed by atoms with van der Waals surface area (Å²) in [5.74, 6) is -0.304. The van der Waals surface area contributed by atoms with Crippen molar-refractivity contribution in [1.29, 1.82) is 0 Å². The first kappa shape index (κ1) is 12.2. The minimum Gasteiger partial charge on any atom is -0.388 e. The Balaban J connectivity index is 2.18. The van der Waals surface area contributed by atoms with Gasteiger partial charge in [-0.15, -0.1) is 0 Å². The van der Waals surface area contributed by atoms with Crippen molar-refractivity contribution in [3.63, 3.8) is 0 Å². The van der Waals surface area contributed by atoms with Crippen molar-refractivity contribution < 1.29 is 9.50 Å². The van der Waals surface area contributed by atoms with E-state index in [4.69, 9.17) is 0 Å². The number of rotatable bonds is 3. The van der Waals surface area contributed by atoms with Crippen LogP contribution in [-0.4, -0.2) is 10.1 Å². The maximum absolute atomic E-state index is 13.5. The third kappa shape index (κ3) is 3.11. The van der Waals surface area contributed by atoms with Crippen molar-refractivity contribution in [3.05, 3.63) is 64.1 Å². The molecule has 0 spiro atoms. The summed E-state index contributed by atoms with van der Waals surface area (Å²) in [5, 5.41) is 9.98. The van der Waals surface area contributed by atoms with Crippen molar-refractivity contribution in [2.24, 2.45) is 0 Å². The van der Waals surface area contributed by atoms with Gasteiger partial charge in [0.1, 0.15) is 5.82 Å². The van der Waals surface area contributed by atoms with Gasteiger partial charge in [0.25, 0.3) is 0 Å². The molecule has 1 heterocycles. The molecular formula is C13H11BrFNO. The molecule has 0 aliphatic heterocycles. The van der Waals surface area contributed by atoms with Crippen LogP contribution in [0, 0.1) is 5.82 Å². The summed E-state index contributed by atoms with van der Waals surface area (Å²) < 4.78 is 14.3. The highest BCUT2D eigenvalue weighted by molar-refractivity contribution is 9.10. The molecule has 0 saturated heterocycles. The van der Waals surface area contributed by atoms with E-state index in [1.807, 2.05) is 0 Å². The number of pyridine rings is 1. The van der Waals surface area contributed by atoms with E-state index in [1.165, 1.54) is 6.07 Å². The van der Waals surface area contributed by atoms with Crippen LogP contribution in [-0.2, 0) is 6.42 Å². The average Bonchev–Trinajstić information content (AvgIpc) is 2.35. The van der Waals surface area contributed by atoms with Gasteiger partial charge < -0.3 is 5.11 Å². The summed E-state index contributed by atoms with van der Waals surface area (Å²) in [4.78, 5) is 3.87. The van der Waals surface area contributed by atoms with Crippen molar-refractivity contribution in [2.75, 3.05) is 0 Å². The number of aliphatic hydroxyl groups excluding tert-OH is 1. The van der Waals surface area contributed by atoms with Crippen LogP contribution in [0.3, 0.4) is 0 Å². The molecule has 0 radical (unpaired) electrons. The van der Waals surface area contributed by atoms with Gasteiger partial charge in [-0.3, -0.25) is 4.98 Å². The first-order valence-electron chi connectivity index (χ1n) is 5.19. The Hall–Kier alpha value is -1.26. The Morgan fingerprint density at radius 2 is 1.94 bits per heavy atom. The summed E-state index contributed by atoms with van der Waals surface area (Å²) in [5.41, 5.74) is 1.23. The lowest BCUT2D eigenvalue weighted by molar-refractivity contribution is 0.177. The monoisotopic (exact) mass is 295 g/mol. The Morgan fingerprint density at radius 3 is 2.65 bits per heavy atom. The van der Waals surface area contributed by atoms with Gasteiger partial charge in [0.15, 0.2) is 0 Å². The first-order valence-corrected chi connectivity index (χ1v) is 5.98. The molecule has 88 valence electrons. The SMILES string of the molecule is OC(Cc1cc(Br)ccc1F)c1ccncc1. The van der Waals surface area contributed by atoms with Crippen LogP contribution in [0.1, 0.15) is 17.2 Å². The zero-order chi connectivity index (χ0) is 12.3. The van der Waals surface area contributed by atoms with E-state index in [2.05, 4.69) is 20.9 Å².